The van der Waals surface area contributed by atoms with Crippen LogP contribution in [0.15, 0.2) is 48.5 Å². The molecule has 154 valence electrons. The second kappa shape index (κ2) is 8.24. The molecule has 4 rings (SSSR count). The average molecular weight is 434 g/mol. The van der Waals surface area contributed by atoms with Crippen LogP contribution in [-0.4, -0.2) is 57.7 Å². The molecule has 2 saturated heterocycles. The molecule has 2 aromatic carbocycles. The molecule has 0 saturated carbocycles. The molecular weight excluding hydrogens is 410 g/mol. The molecule has 2 fully saturated rings. The van der Waals surface area contributed by atoms with Gasteiger partial charge in [0.05, 0.1) is 22.0 Å². The van der Waals surface area contributed by atoms with Gasteiger partial charge in [0.25, 0.3) is 5.91 Å². The first-order chi connectivity index (χ1) is 14.0. The fourth-order valence-electron chi connectivity index (χ4n) is 3.89. The highest BCUT2D eigenvalue weighted by atomic mass is 35.5. The summed E-state index contributed by atoms with van der Waals surface area (Å²) < 4.78 is 26.0. The van der Waals surface area contributed by atoms with Crippen LogP contribution in [-0.2, 0) is 10.0 Å². The highest BCUT2D eigenvalue weighted by molar-refractivity contribution is 7.92. The van der Waals surface area contributed by atoms with Gasteiger partial charge in [-0.1, -0.05) is 29.8 Å². The molecule has 0 atom stereocenters. The monoisotopic (exact) mass is 433 g/mol. The molecular formula is C21H24ClN3O3S. The van der Waals surface area contributed by atoms with Gasteiger partial charge in [-0.15, -0.1) is 0 Å². The van der Waals surface area contributed by atoms with Gasteiger partial charge in [-0.3, -0.25) is 9.10 Å². The molecule has 1 amide bonds. The van der Waals surface area contributed by atoms with E-state index in [1.54, 1.807) is 23.1 Å². The van der Waals surface area contributed by atoms with E-state index in [0.717, 1.165) is 25.2 Å². The maximum atomic E-state index is 13.0. The zero-order valence-corrected chi connectivity index (χ0v) is 17.7. The number of piperazine rings is 1. The maximum absolute atomic E-state index is 13.0. The minimum atomic E-state index is -3.31. The van der Waals surface area contributed by atoms with E-state index in [1.165, 1.54) is 4.31 Å². The molecule has 0 bridgehead atoms. The highest BCUT2D eigenvalue weighted by Gasteiger charge is 2.28. The summed E-state index contributed by atoms with van der Waals surface area (Å²) in [6, 6.07) is 15.1. The molecule has 6 nitrogen and oxygen atoms in total. The van der Waals surface area contributed by atoms with Crippen LogP contribution in [0, 0.1) is 0 Å². The number of carbonyl (C=O) groups is 1. The van der Waals surface area contributed by atoms with Crippen LogP contribution >= 0.6 is 11.6 Å². The fraction of sp³-hybridized carbons (Fsp3) is 0.381. The van der Waals surface area contributed by atoms with Crippen molar-refractivity contribution in [1.82, 2.24) is 4.90 Å². The van der Waals surface area contributed by atoms with Gasteiger partial charge in [0, 0.05) is 38.4 Å². The van der Waals surface area contributed by atoms with Crippen molar-refractivity contribution < 1.29 is 13.2 Å². The first kappa shape index (κ1) is 20.0. The van der Waals surface area contributed by atoms with Crippen LogP contribution in [0.4, 0.5) is 11.4 Å². The van der Waals surface area contributed by atoms with Gasteiger partial charge in [0.2, 0.25) is 10.0 Å². The molecule has 2 aromatic rings. The van der Waals surface area contributed by atoms with Crippen LogP contribution in [0.25, 0.3) is 0 Å². The Kier molecular flexibility index (Phi) is 5.69. The Bertz CT molecular complexity index is 989. The van der Waals surface area contributed by atoms with E-state index >= 15 is 0 Å². The molecule has 0 N–H and O–H groups in total. The Morgan fingerprint density at radius 2 is 1.59 bits per heavy atom. The van der Waals surface area contributed by atoms with Crippen LogP contribution in [0.3, 0.4) is 0 Å². The van der Waals surface area contributed by atoms with Gasteiger partial charge in [-0.2, -0.15) is 0 Å². The number of hydrogen-bond acceptors (Lipinski definition) is 4. The topological polar surface area (TPSA) is 60.9 Å². The Balaban J connectivity index is 1.46. The van der Waals surface area contributed by atoms with E-state index in [0.29, 0.717) is 42.3 Å². The fourth-order valence-corrected chi connectivity index (χ4v) is 5.78. The summed E-state index contributed by atoms with van der Waals surface area (Å²) in [5.74, 6) is 0.0348. The first-order valence-corrected chi connectivity index (χ1v) is 11.8. The summed E-state index contributed by atoms with van der Waals surface area (Å²) in [4.78, 5) is 17.0. The van der Waals surface area contributed by atoms with E-state index in [2.05, 4.69) is 17.0 Å². The quantitative estimate of drug-likeness (QED) is 0.745. The summed E-state index contributed by atoms with van der Waals surface area (Å²) in [6.45, 7) is 3.21. The number of nitrogens with zero attached hydrogens (tertiary/aromatic N) is 3. The molecule has 0 aliphatic carbocycles. The number of hydrogen-bond donors (Lipinski definition) is 0. The van der Waals surface area contributed by atoms with Gasteiger partial charge in [0.1, 0.15) is 0 Å². The summed E-state index contributed by atoms with van der Waals surface area (Å²) >= 11 is 6.40. The largest absolute Gasteiger partial charge is 0.368 e. The second-order valence-electron chi connectivity index (χ2n) is 7.37. The lowest BCUT2D eigenvalue weighted by Gasteiger charge is -2.36. The predicted molar refractivity (Wildman–Crippen MR) is 116 cm³/mol. The molecule has 2 aliphatic heterocycles. The van der Waals surface area contributed by atoms with Gasteiger partial charge in [-0.05, 0) is 43.2 Å². The van der Waals surface area contributed by atoms with E-state index < -0.39 is 10.0 Å². The lowest BCUT2D eigenvalue weighted by atomic mass is 10.1. The van der Waals surface area contributed by atoms with Gasteiger partial charge in [-0.25, -0.2) is 8.42 Å². The van der Waals surface area contributed by atoms with E-state index in [-0.39, 0.29) is 11.7 Å². The number of para-hydroxylation sites is 1. The van der Waals surface area contributed by atoms with Crippen molar-refractivity contribution in [3.63, 3.8) is 0 Å². The summed E-state index contributed by atoms with van der Waals surface area (Å²) in [7, 11) is -3.31. The predicted octanol–water partition coefficient (Wildman–Crippen LogP) is 3.23. The number of anilines is 2. The number of carbonyl (C=O) groups excluding carboxylic acids is 1. The first-order valence-electron chi connectivity index (χ1n) is 9.85. The molecule has 0 radical (unpaired) electrons. The summed E-state index contributed by atoms with van der Waals surface area (Å²) in [5, 5.41) is 0.291. The highest BCUT2D eigenvalue weighted by Crippen LogP contribution is 2.29. The van der Waals surface area contributed by atoms with Crippen molar-refractivity contribution in [2.24, 2.45) is 0 Å². The van der Waals surface area contributed by atoms with Crippen molar-refractivity contribution >= 4 is 38.9 Å². The number of benzene rings is 2. The SMILES string of the molecule is O=C(c1ccc(N2CCCCS2(=O)=O)cc1Cl)N1CCN(c2ccccc2)CC1. The van der Waals surface area contributed by atoms with Gasteiger partial charge >= 0.3 is 0 Å². The van der Waals surface area contributed by atoms with Crippen molar-refractivity contribution in [2.45, 2.75) is 12.8 Å². The molecule has 2 heterocycles. The Morgan fingerprint density at radius 1 is 0.862 bits per heavy atom. The molecule has 0 unspecified atom stereocenters. The Labute approximate surface area is 176 Å². The Morgan fingerprint density at radius 3 is 2.24 bits per heavy atom. The standard InChI is InChI=1S/C21H24ClN3O3S/c22-20-16-18(25-10-4-5-15-29(25,27)28)8-9-19(20)21(26)24-13-11-23(12-14-24)17-6-2-1-3-7-17/h1-3,6-9,16H,4-5,10-15H2. The summed E-state index contributed by atoms with van der Waals surface area (Å²) in [5.41, 5.74) is 2.10. The van der Waals surface area contributed by atoms with E-state index in [1.807, 2.05) is 18.2 Å². The smallest absolute Gasteiger partial charge is 0.255 e. The molecule has 0 aromatic heterocycles. The van der Waals surface area contributed by atoms with Gasteiger partial charge in [0.15, 0.2) is 0 Å². The molecule has 2 aliphatic rings. The normalized spacial score (nSPS) is 19.3. The number of halogens is 1. The second-order valence-corrected chi connectivity index (χ2v) is 9.79. The van der Waals surface area contributed by atoms with Crippen molar-refractivity contribution in [1.29, 1.82) is 0 Å². The zero-order valence-electron chi connectivity index (χ0n) is 16.1. The van der Waals surface area contributed by atoms with Crippen LogP contribution in [0.1, 0.15) is 23.2 Å². The van der Waals surface area contributed by atoms with Crippen molar-refractivity contribution in [3.05, 3.63) is 59.1 Å². The van der Waals surface area contributed by atoms with Crippen molar-refractivity contribution in [2.75, 3.05) is 47.7 Å². The third-order valence-corrected chi connectivity index (χ3v) is 7.69. The number of amides is 1. The maximum Gasteiger partial charge on any atom is 0.255 e. The van der Waals surface area contributed by atoms with Gasteiger partial charge < -0.3 is 9.80 Å². The average Bonchev–Trinajstić information content (AvgIpc) is 2.74. The van der Waals surface area contributed by atoms with Crippen LogP contribution in [0.5, 0.6) is 0 Å². The van der Waals surface area contributed by atoms with E-state index in [9.17, 15) is 13.2 Å². The third kappa shape index (κ3) is 4.21. The minimum absolute atomic E-state index is 0.115. The van der Waals surface area contributed by atoms with Crippen LogP contribution < -0.4 is 9.21 Å². The summed E-state index contributed by atoms with van der Waals surface area (Å²) in [6.07, 6.45) is 1.50. The number of sulfonamides is 1. The number of rotatable bonds is 3. The lowest BCUT2D eigenvalue weighted by molar-refractivity contribution is 0.0747. The molecule has 29 heavy (non-hydrogen) atoms. The lowest BCUT2D eigenvalue weighted by Crippen LogP contribution is -2.48. The molecule has 0 spiro atoms. The Hall–Kier alpha value is -2.25. The van der Waals surface area contributed by atoms with Crippen molar-refractivity contribution in [3.8, 4) is 0 Å². The molecule has 8 heteroatoms. The minimum Gasteiger partial charge on any atom is -0.368 e. The van der Waals surface area contributed by atoms with Crippen LogP contribution in [0.2, 0.25) is 5.02 Å². The third-order valence-electron chi connectivity index (χ3n) is 5.51. The van der Waals surface area contributed by atoms with E-state index in [4.69, 9.17) is 11.6 Å². The zero-order chi connectivity index (χ0) is 20.4.